The standard InChI is InChI=1S/C20H28N6O4/c1-13(2)21-16-11-28-19-17(12-29-18(16)19)26-20(22-23-24-26)30-15-5-3-4-14(10-15)25-6-8-27-9-7-25/h3-5,10,13,16-19,21H,6-9,11-12H2,1-2H3/t16-,17-,18+,19+/m0/s1. The van der Waals surface area contributed by atoms with Gasteiger partial charge in [-0.1, -0.05) is 25.0 Å². The lowest BCUT2D eigenvalue weighted by molar-refractivity contribution is 0.0610. The number of benzene rings is 1. The molecule has 0 bridgehead atoms. The summed E-state index contributed by atoms with van der Waals surface area (Å²) >= 11 is 0. The van der Waals surface area contributed by atoms with E-state index >= 15 is 0 Å². The maximum atomic E-state index is 6.08. The van der Waals surface area contributed by atoms with Gasteiger partial charge in [0.15, 0.2) is 0 Å². The first-order valence-corrected chi connectivity index (χ1v) is 10.6. The van der Waals surface area contributed by atoms with Gasteiger partial charge < -0.3 is 29.2 Å². The smallest absolute Gasteiger partial charge is 0.341 e. The van der Waals surface area contributed by atoms with E-state index in [0.29, 0.717) is 31.0 Å². The van der Waals surface area contributed by atoms with E-state index < -0.39 is 0 Å². The van der Waals surface area contributed by atoms with Crippen LogP contribution in [0.4, 0.5) is 5.69 Å². The van der Waals surface area contributed by atoms with E-state index in [9.17, 15) is 0 Å². The van der Waals surface area contributed by atoms with E-state index in [2.05, 4.69) is 45.7 Å². The monoisotopic (exact) mass is 416 g/mol. The number of fused-ring (bicyclic) bond motifs is 1. The van der Waals surface area contributed by atoms with Crippen molar-refractivity contribution in [1.29, 1.82) is 0 Å². The molecular weight excluding hydrogens is 388 g/mol. The number of hydrogen-bond donors (Lipinski definition) is 1. The summed E-state index contributed by atoms with van der Waals surface area (Å²) in [5.41, 5.74) is 1.10. The number of aromatic nitrogens is 4. The molecule has 4 atom stereocenters. The van der Waals surface area contributed by atoms with Crippen molar-refractivity contribution in [3.8, 4) is 11.8 Å². The SMILES string of the molecule is CC(C)N[C@H]1CO[C@H]2[C@@H]1OC[C@@H]2n1nnnc1Oc1cccc(N2CCOCC2)c1. The fourth-order valence-electron chi connectivity index (χ4n) is 4.39. The summed E-state index contributed by atoms with van der Waals surface area (Å²) in [4.78, 5) is 2.28. The van der Waals surface area contributed by atoms with Gasteiger partial charge in [-0.2, -0.15) is 4.68 Å². The van der Waals surface area contributed by atoms with E-state index in [1.54, 1.807) is 4.68 Å². The van der Waals surface area contributed by atoms with Crippen LogP contribution in [0.5, 0.6) is 11.8 Å². The first-order valence-electron chi connectivity index (χ1n) is 10.6. The number of hydrogen-bond acceptors (Lipinski definition) is 9. The predicted molar refractivity (Wildman–Crippen MR) is 108 cm³/mol. The molecule has 3 aliphatic heterocycles. The molecule has 5 rings (SSSR count). The number of anilines is 1. The minimum Gasteiger partial charge on any atom is -0.423 e. The second-order valence-electron chi connectivity index (χ2n) is 8.20. The first-order chi connectivity index (χ1) is 14.7. The van der Waals surface area contributed by atoms with Gasteiger partial charge in [-0.05, 0) is 22.6 Å². The van der Waals surface area contributed by atoms with Crippen LogP contribution >= 0.6 is 0 Å². The average molecular weight is 416 g/mol. The van der Waals surface area contributed by atoms with Gasteiger partial charge in [0.25, 0.3) is 0 Å². The minimum atomic E-state index is -0.124. The van der Waals surface area contributed by atoms with E-state index in [1.807, 2.05) is 18.2 Å². The Hall–Kier alpha value is -2.27. The van der Waals surface area contributed by atoms with Crippen molar-refractivity contribution in [3.63, 3.8) is 0 Å². The molecule has 10 heteroatoms. The molecule has 0 saturated carbocycles. The molecule has 0 unspecified atom stereocenters. The molecule has 162 valence electrons. The Labute approximate surface area is 175 Å². The lowest BCUT2D eigenvalue weighted by Crippen LogP contribution is -2.44. The average Bonchev–Trinajstić information content (AvgIpc) is 3.47. The zero-order valence-corrected chi connectivity index (χ0v) is 17.3. The highest BCUT2D eigenvalue weighted by molar-refractivity contribution is 5.51. The third-order valence-corrected chi connectivity index (χ3v) is 5.75. The molecule has 0 amide bonds. The van der Waals surface area contributed by atoms with Gasteiger partial charge in [0, 0.05) is 30.9 Å². The highest BCUT2D eigenvalue weighted by Gasteiger charge is 2.49. The molecule has 1 N–H and O–H groups in total. The summed E-state index contributed by atoms with van der Waals surface area (Å²) < 4.78 is 25.3. The van der Waals surface area contributed by atoms with Crippen molar-refractivity contribution >= 4 is 5.69 Å². The molecule has 3 aliphatic rings. The summed E-state index contributed by atoms with van der Waals surface area (Å²) in [6.45, 7) is 8.56. The van der Waals surface area contributed by atoms with Crippen LogP contribution in [0, 0.1) is 0 Å². The van der Waals surface area contributed by atoms with Crippen molar-refractivity contribution < 1.29 is 18.9 Å². The van der Waals surface area contributed by atoms with E-state index in [1.165, 1.54) is 0 Å². The zero-order chi connectivity index (χ0) is 20.5. The predicted octanol–water partition coefficient (Wildman–Crippen LogP) is 1.01. The van der Waals surface area contributed by atoms with Crippen molar-refractivity contribution in [2.24, 2.45) is 0 Å². The Balaban J connectivity index is 1.30. The van der Waals surface area contributed by atoms with Gasteiger partial charge in [0.05, 0.1) is 32.5 Å². The lowest BCUT2D eigenvalue weighted by Gasteiger charge is -2.29. The van der Waals surface area contributed by atoms with Crippen molar-refractivity contribution in [3.05, 3.63) is 24.3 Å². The maximum absolute atomic E-state index is 6.08. The summed E-state index contributed by atoms with van der Waals surface area (Å²) in [6.07, 6.45) is -0.120. The molecular formula is C20H28N6O4. The molecule has 30 heavy (non-hydrogen) atoms. The molecule has 0 radical (unpaired) electrons. The topological polar surface area (TPSA) is 95.8 Å². The fraction of sp³-hybridized carbons (Fsp3) is 0.650. The normalized spacial score (nSPS) is 28.8. The van der Waals surface area contributed by atoms with Crippen molar-refractivity contribution in [1.82, 2.24) is 25.5 Å². The van der Waals surface area contributed by atoms with Crippen LogP contribution in [0.3, 0.4) is 0 Å². The number of tetrazole rings is 1. The maximum Gasteiger partial charge on any atom is 0.341 e. The molecule has 10 nitrogen and oxygen atoms in total. The van der Waals surface area contributed by atoms with Gasteiger partial charge in [0.1, 0.15) is 24.0 Å². The van der Waals surface area contributed by atoms with Crippen molar-refractivity contribution in [2.45, 2.75) is 44.2 Å². The Morgan fingerprint density at radius 2 is 1.97 bits per heavy atom. The quantitative estimate of drug-likeness (QED) is 0.740. The second-order valence-corrected chi connectivity index (χ2v) is 8.20. The van der Waals surface area contributed by atoms with Crippen LogP contribution in [0.15, 0.2) is 24.3 Å². The summed E-state index contributed by atoms with van der Waals surface area (Å²) in [7, 11) is 0. The largest absolute Gasteiger partial charge is 0.423 e. The number of ether oxygens (including phenoxy) is 4. The number of nitrogens with zero attached hydrogens (tertiary/aromatic N) is 5. The molecule has 2 aromatic rings. The van der Waals surface area contributed by atoms with Crippen LogP contribution < -0.4 is 15.0 Å². The Kier molecular flexibility index (Phi) is 5.55. The molecule has 4 heterocycles. The summed E-state index contributed by atoms with van der Waals surface area (Å²) in [5, 5.41) is 15.6. The van der Waals surface area contributed by atoms with Crippen LogP contribution in [-0.4, -0.2) is 84.0 Å². The van der Waals surface area contributed by atoms with Gasteiger partial charge in [-0.15, -0.1) is 0 Å². The zero-order valence-electron chi connectivity index (χ0n) is 17.3. The Morgan fingerprint density at radius 3 is 2.80 bits per heavy atom. The van der Waals surface area contributed by atoms with Crippen LogP contribution in [-0.2, 0) is 14.2 Å². The molecule has 3 saturated heterocycles. The summed E-state index contributed by atoms with van der Waals surface area (Å²) in [5.74, 6) is 0.692. The van der Waals surface area contributed by atoms with Crippen molar-refractivity contribution in [2.75, 3.05) is 44.4 Å². The highest BCUT2D eigenvalue weighted by Crippen LogP contribution is 2.36. The van der Waals surface area contributed by atoms with E-state index in [0.717, 1.165) is 32.0 Å². The molecule has 0 spiro atoms. The number of nitrogens with one attached hydrogen (secondary N) is 1. The van der Waals surface area contributed by atoms with E-state index in [-0.39, 0.29) is 24.3 Å². The Morgan fingerprint density at radius 1 is 1.13 bits per heavy atom. The second kappa shape index (κ2) is 8.46. The third-order valence-electron chi connectivity index (χ3n) is 5.75. The van der Waals surface area contributed by atoms with Gasteiger partial charge in [-0.25, -0.2) is 0 Å². The lowest BCUT2D eigenvalue weighted by atomic mass is 10.1. The van der Waals surface area contributed by atoms with E-state index in [4.69, 9.17) is 18.9 Å². The third kappa shape index (κ3) is 3.87. The van der Waals surface area contributed by atoms with Crippen LogP contribution in [0.1, 0.15) is 19.9 Å². The first kappa shape index (κ1) is 19.7. The molecule has 3 fully saturated rings. The van der Waals surface area contributed by atoms with Gasteiger partial charge in [0.2, 0.25) is 0 Å². The summed E-state index contributed by atoms with van der Waals surface area (Å²) in [6, 6.07) is 8.72. The van der Waals surface area contributed by atoms with Gasteiger partial charge >= 0.3 is 6.01 Å². The number of morpholine rings is 1. The number of rotatable bonds is 6. The van der Waals surface area contributed by atoms with Gasteiger partial charge in [-0.3, -0.25) is 0 Å². The molecule has 1 aromatic heterocycles. The molecule has 0 aliphatic carbocycles. The van der Waals surface area contributed by atoms with Crippen LogP contribution in [0.25, 0.3) is 0 Å². The Bertz CT molecular complexity index is 855. The highest BCUT2D eigenvalue weighted by atomic mass is 16.6. The molecule has 1 aromatic carbocycles. The fourth-order valence-corrected chi connectivity index (χ4v) is 4.39. The minimum absolute atomic E-state index is 0.0147. The van der Waals surface area contributed by atoms with Crippen LogP contribution in [0.2, 0.25) is 0 Å².